The summed E-state index contributed by atoms with van der Waals surface area (Å²) in [5.41, 5.74) is 0. The molecule has 2 aromatic rings. The van der Waals surface area contributed by atoms with Crippen LogP contribution in [-0.4, -0.2) is 47.2 Å². The van der Waals surface area contributed by atoms with Gasteiger partial charge in [-0.05, 0) is 47.1 Å². The molecule has 0 N–H and O–H groups in total. The van der Waals surface area contributed by atoms with Crippen LogP contribution in [0.2, 0.25) is 0 Å². The smallest absolute Gasteiger partial charge is 0.267 e. The minimum Gasteiger partial charge on any atom is -0.482 e. The van der Waals surface area contributed by atoms with Crippen molar-refractivity contribution in [3.63, 3.8) is 0 Å². The molecule has 1 aromatic carbocycles. The highest BCUT2D eigenvalue weighted by Crippen LogP contribution is 2.34. The Balaban J connectivity index is 1.36. The van der Waals surface area contributed by atoms with Crippen molar-refractivity contribution in [3.8, 4) is 17.4 Å². The zero-order valence-corrected chi connectivity index (χ0v) is 16.6. The Hall–Kier alpha value is -2.28. The summed E-state index contributed by atoms with van der Waals surface area (Å²) >= 11 is 3.45. The van der Waals surface area contributed by atoms with Gasteiger partial charge in [0.2, 0.25) is 12.0 Å². The van der Waals surface area contributed by atoms with Crippen molar-refractivity contribution in [1.82, 2.24) is 9.88 Å². The highest BCUT2D eigenvalue weighted by atomic mass is 79.9. The lowest BCUT2D eigenvalue weighted by Gasteiger charge is -2.37. The number of carbonyl (C=O) groups is 1. The summed E-state index contributed by atoms with van der Waals surface area (Å²) in [6, 6.07) is 11.2. The second-order valence-electron chi connectivity index (χ2n) is 6.74. The zero-order valence-electron chi connectivity index (χ0n) is 15.0. The molecule has 1 aromatic heterocycles. The van der Waals surface area contributed by atoms with E-state index in [9.17, 15) is 4.79 Å². The van der Waals surface area contributed by atoms with Gasteiger partial charge >= 0.3 is 0 Å². The fourth-order valence-electron chi connectivity index (χ4n) is 3.38. The fraction of sp³-hybridized carbons (Fsp3) is 0.400. The van der Waals surface area contributed by atoms with Crippen LogP contribution in [0, 0.1) is 0 Å². The number of fused-ring (bicyclic) bond motifs is 1. The Morgan fingerprint density at radius 1 is 1.15 bits per heavy atom. The molecule has 1 amide bonds. The molecule has 0 bridgehead atoms. The van der Waals surface area contributed by atoms with E-state index in [4.69, 9.17) is 14.2 Å². The monoisotopic (exact) mass is 432 g/mol. The van der Waals surface area contributed by atoms with E-state index in [-0.39, 0.29) is 18.1 Å². The van der Waals surface area contributed by atoms with Crippen molar-refractivity contribution < 1.29 is 19.0 Å². The van der Waals surface area contributed by atoms with Crippen LogP contribution in [0.3, 0.4) is 0 Å². The predicted molar refractivity (Wildman–Crippen MR) is 103 cm³/mol. The molecular formula is C20H21BrN2O4. The minimum atomic E-state index is -0.623. The van der Waals surface area contributed by atoms with Crippen LogP contribution in [0.5, 0.6) is 17.4 Å². The maximum absolute atomic E-state index is 13.0. The van der Waals surface area contributed by atoms with Crippen molar-refractivity contribution in [2.45, 2.75) is 38.1 Å². The summed E-state index contributed by atoms with van der Waals surface area (Å²) in [4.78, 5) is 19.0. The zero-order chi connectivity index (χ0) is 18.8. The molecule has 7 heteroatoms. The first-order chi connectivity index (χ1) is 13.1. The number of para-hydroxylation sites is 2. The molecule has 2 aliphatic heterocycles. The van der Waals surface area contributed by atoms with Gasteiger partial charge in [0.15, 0.2) is 11.5 Å². The third-order valence-corrected chi connectivity index (χ3v) is 5.45. The average molecular weight is 433 g/mol. The lowest BCUT2D eigenvalue weighted by Crippen LogP contribution is -2.53. The topological polar surface area (TPSA) is 60.9 Å². The third-order valence-electron chi connectivity index (χ3n) is 4.84. The molecule has 2 unspecified atom stereocenters. The first-order valence-electron chi connectivity index (χ1n) is 9.10. The summed E-state index contributed by atoms with van der Waals surface area (Å²) in [6.07, 6.45) is 2.31. The molecule has 27 heavy (non-hydrogen) atoms. The maximum Gasteiger partial charge on any atom is 0.267 e. The number of ether oxygens (including phenoxy) is 3. The van der Waals surface area contributed by atoms with Gasteiger partial charge in [0.05, 0.1) is 4.47 Å². The van der Waals surface area contributed by atoms with Gasteiger partial charge in [-0.25, -0.2) is 4.98 Å². The first kappa shape index (κ1) is 18.1. The van der Waals surface area contributed by atoms with Gasteiger partial charge in [-0.3, -0.25) is 4.79 Å². The molecule has 0 radical (unpaired) electrons. The van der Waals surface area contributed by atoms with E-state index in [2.05, 4.69) is 20.9 Å². The number of hydrogen-bond acceptors (Lipinski definition) is 5. The maximum atomic E-state index is 13.0. The SMILES string of the molecule is CC1Oc2ccccc2OC1C(=O)N1CCC(Oc2ncccc2Br)CC1. The number of carbonyl (C=O) groups excluding carboxylic acids is 1. The molecule has 0 spiro atoms. The number of benzene rings is 1. The minimum absolute atomic E-state index is 0.0329. The average Bonchev–Trinajstić information content (AvgIpc) is 2.69. The molecule has 3 heterocycles. The number of halogens is 1. The van der Waals surface area contributed by atoms with E-state index in [1.807, 2.05) is 48.2 Å². The Kier molecular flexibility index (Phi) is 5.20. The van der Waals surface area contributed by atoms with E-state index < -0.39 is 6.10 Å². The first-order valence-corrected chi connectivity index (χ1v) is 9.89. The molecule has 1 saturated heterocycles. The summed E-state index contributed by atoms with van der Waals surface area (Å²) in [7, 11) is 0. The Labute approximate surface area is 166 Å². The van der Waals surface area contributed by atoms with Gasteiger partial charge in [-0.2, -0.15) is 0 Å². The normalized spacial score (nSPS) is 22.4. The van der Waals surface area contributed by atoms with Gasteiger partial charge in [0.1, 0.15) is 12.2 Å². The van der Waals surface area contributed by atoms with E-state index in [1.54, 1.807) is 6.20 Å². The van der Waals surface area contributed by atoms with Crippen LogP contribution in [0.25, 0.3) is 0 Å². The molecule has 4 rings (SSSR count). The van der Waals surface area contributed by atoms with Gasteiger partial charge in [-0.15, -0.1) is 0 Å². The van der Waals surface area contributed by atoms with Crippen molar-refractivity contribution in [2.75, 3.05) is 13.1 Å². The molecule has 2 atom stereocenters. The highest BCUT2D eigenvalue weighted by molar-refractivity contribution is 9.10. The van der Waals surface area contributed by atoms with Crippen LogP contribution in [0.4, 0.5) is 0 Å². The summed E-state index contributed by atoms with van der Waals surface area (Å²) in [6.45, 7) is 3.12. The predicted octanol–water partition coefficient (Wildman–Crippen LogP) is 3.44. The van der Waals surface area contributed by atoms with E-state index >= 15 is 0 Å². The number of piperidine rings is 1. The van der Waals surface area contributed by atoms with Crippen LogP contribution in [0.15, 0.2) is 47.1 Å². The Morgan fingerprint density at radius 3 is 2.56 bits per heavy atom. The number of rotatable bonds is 3. The van der Waals surface area contributed by atoms with E-state index in [0.717, 1.165) is 17.3 Å². The molecule has 0 aliphatic carbocycles. The number of likely N-dealkylation sites (tertiary alicyclic amines) is 1. The number of aromatic nitrogens is 1. The molecule has 6 nitrogen and oxygen atoms in total. The van der Waals surface area contributed by atoms with Gasteiger partial charge in [0, 0.05) is 32.1 Å². The van der Waals surface area contributed by atoms with E-state index in [0.29, 0.717) is 30.5 Å². The summed E-state index contributed by atoms with van der Waals surface area (Å²) in [5.74, 6) is 1.86. The largest absolute Gasteiger partial charge is 0.482 e. The van der Waals surface area contributed by atoms with Crippen LogP contribution in [0.1, 0.15) is 19.8 Å². The molecule has 2 aliphatic rings. The molecule has 0 saturated carbocycles. The number of nitrogens with zero attached hydrogens (tertiary/aromatic N) is 2. The van der Waals surface area contributed by atoms with Crippen LogP contribution < -0.4 is 14.2 Å². The Morgan fingerprint density at radius 2 is 1.85 bits per heavy atom. The number of hydrogen-bond donors (Lipinski definition) is 0. The summed E-state index contributed by atoms with van der Waals surface area (Å²) in [5, 5.41) is 0. The van der Waals surface area contributed by atoms with Gasteiger partial charge in [0.25, 0.3) is 5.91 Å². The molecule has 1 fully saturated rings. The van der Waals surface area contributed by atoms with Crippen LogP contribution >= 0.6 is 15.9 Å². The number of pyridine rings is 1. The second-order valence-corrected chi connectivity index (χ2v) is 7.60. The third kappa shape index (κ3) is 3.88. The van der Waals surface area contributed by atoms with E-state index in [1.165, 1.54) is 0 Å². The van der Waals surface area contributed by atoms with Gasteiger partial charge in [-0.1, -0.05) is 12.1 Å². The van der Waals surface area contributed by atoms with Crippen LogP contribution in [-0.2, 0) is 4.79 Å². The Bertz CT molecular complexity index is 823. The van der Waals surface area contributed by atoms with Gasteiger partial charge < -0.3 is 19.1 Å². The highest BCUT2D eigenvalue weighted by Gasteiger charge is 2.38. The lowest BCUT2D eigenvalue weighted by molar-refractivity contribution is -0.146. The quantitative estimate of drug-likeness (QED) is 0.743. The number of amides is 1. The lowest BCUT2D eigenvalue weighted by atomic mass is 10.1. The van der Waals surface area contributed by atoms with Crippen molar-refractivity contribution in [3.05, 3.63) is 47.1 Å². The summed E-state index contributed by atoms with van der Waals surface area (Å²) < 4.78 is 18.6. The van der Waals surface area contributed by atoms with Crippen molar-refractivity contribution >= 4 is 21.8 Å². The standard InChI is InChI=1S/C20H21BrN2O4/c1-13-18(27-17-7-3-2-6-16(17)25-13)20(24)23-11-8-14(9-12-23)26-19-15(21)5-4-10-22-19/h2-7,10,13-14,18H,8-9,11-12H2,1H3. The second kappa shape index (κ2) is 7.76. The molecule has 142 valence electrons. The molecular weight excluding hydrogens is 412 g/mol. The van der Waals surface area contributed by atoms with Crippen molar-refractivity contribution in [1.29, 1.82) is 0 Å². The fourth-order valence-corrected chi connectivity index (χ4v) is 3.73. The van der Waals surface area contributed by atoms with Crippen molar-refractivity contribution in [2.24, 2.45) is 0 Å².